The summed E-state index contributed by atoms with van der Waals surface area (Å²) in [6, 6.07) is 7.01. The van der Waals surface area contributed by atoms with Gasteiger partial charge in [0.25, 0.3) is 0 Å². The molecule has 6 nitrogen and oxygen atoms in total. The lowest BCUT2D eigenvalue weighted by molar-refractivity contribution is 0.0161. The van der Waals surface area contributed by atoms with Gasteiger partial charge in [0, 0.05) is 31.2 Å². The standard InChI is InChI=1S/C22H34N4O2/c1-25(21(28)24-16-18-8-10-19(11-9-18)20(23)27)17-22(12-4-2-5-13-22)26-14-6-3-7-15-26/h8-11H,2-7,12-17H2,1H3,(H2,23,27)(H,24,28). The third-order valence-electron chi connectivity index (χ3n) is 6.37. The maximum absolute atomic E-state index is 12.7. The molecule has 1 aliphatic heterocycles. The van der Waals surface area contributed by atoms with Crippen molar-refractivity contribution >= 4 is 11.9 Å². The molecule has 28 heavy (non-hydrogen) atoms. The molecule has 154 valence electrons. The highest BCUT2D eigenvalue weighted by Gasteiger charge is 2.39. The molecule has 1 aromatic carbocycles. The SMILES string of the molecule is CN(CC1(N2CCCCC2)CCCCC1)C(=O)NCc1ccc(C(N)=O)cc1. The van der Waals surface area contributed by atoms with Gasteiger partial charge in [-0.15, -0.1) is 0 Å². The van der Waals surface area contributed by atoms with Crippen LogP contribution in [0.4, 0.5) is 4.79 Å². The van der Waals surface area contributed by atoms with Crippen molar-refractivity contribution < 1.29 is 9.59 Å². The summed E-state index contributed by atoms with van der Waals surface area (Å²) in [5, 5.41) is 3.01. The molecule has 1 saturated carbocycles. The summed E-state index contributed by atoms with van der Waals surface area (Å²) in [6.45, 7) is 3.57. The molecule has 0 unspecified atom stereocenters. The number of likely N-dealkylation sites (N-methyl/N-ethyl adjacent to an activating group) is 1. The zero-order valence-corrected chi connectivity index (χ0v) is 17.1. The number of rotatable bonds is 6. The lowest BCUT2D eigenvalue weighted by Gasteiger charge is -2.49. The first-order chi connectivity index (χ1) is 13.5. The van der Waals surface area contributed by atoms with Crippen molar-refractivity contribution in [2.75, 3.05) is 26.7 Å². The Morgan fingerprint density at radius 3 is 2.25 bits per heavy atom. The summed E-state index contributed by atoms with van der Waals surface area (Å²) in [5.41, 5.74) is 6.85. The molecule has 6 heteroatoms. The van der Waals surface area contributed by atoms with E-state index in [2.05, 4.69) is 10.2 Å². The average Bonchev–Trinajstić information content (AvgIpc) is 2.73. The Kier molecular flexibility index (Phi) is 6.94. The van der Waals surface area contributed by atoms with Gasteiger partial charge < -0.3 is 16.0 Å². The molecule has 0 radical (unpaired) electrons. The van der Waals surface area contributed by atoms with Crippen molar-refractivity contribution in [3.05, 3.63) is 35.4 Å². The van der Waals surface area contributed by atoms with Crippen LogP contribution in [0.25, 0.3) is 0 Å². The molecule has 1 aromatic rings. The van der Waals surface area contributed by atoms with Gasteiger partial charge in [-0.3, -0.25) is 9.69 Å². The van der Waals surface area contributed by atoms with E-state index in [4.69, 9.17) is 5.73 Å². The zero-order chi connectivity index (χ0) is 20.0. The van der Waals surface area contributed by atoms with Gasteiger partial charge in [0.2, 0.25) is 5.91 Å². The molecule has 1 aliphatic carbocycles. The van der Waals surface area contributed by atoms with E-state index in [1.54, 1.807) is 12.1 Å². The molecular formula is C22H34N4O2. The normalized spacial score (nSPS) is 19.8. The lowest BCUT2D eigenvalue weighted by atomic mass is 9.79. The number of nitrogens with zero attached hydrogens (tertiary/aromatic N) is 2. The number of nitrogens with two attached hydrogens (primary N) is 1. The average molecular weight is 387 g/mol. The Labute approximate surface area is 168 Å². The lowest BCUT2D eigenvalue weighted by Crippen LogP contribution is -2.59. The number of carbonyl (C=O) groups is 2. The van der Waals surface area contributed by atoms with Crippen LogP contribution in [0, 0.1) is 0 Å². The van der Waals surface area contributed by atoms with Crippen LogP contribution in [0.15, 0.2) is 24.3 Å². The molecule has 0 spiro atoms. The topological polar surface area (TPSA) is 78.7 Å². The van der Waals surface area contributed by atoms with Gasteiger partial charge in [-0.05, 0) is 56.5 Å². The Bertz CT molecular complexity index is 662. The number of piperidine rings is 1. The quantitative estimate of drug-likeness (QED) is 0.788. The van der Waals surface area contributed by atoms with Crippen molar-refractivity contribution in [2.24, 2.45) is 5.73 Å². The van der Waals surface area contributed by atoms with Crippen LogP contribution >= 0.6 is 0 Å². The summed E-state index contributed by atoms with van der Waals surface area (Å²) in [7, 11) is 1.91. The second-order valence-corrected chi connectivity index (χ2v) is 8.41. The predicted octanol–water partition coefficient (Wildman–Crippen LogP) is 3.12. The van der Waals surface area contributed by atoms with Gasteiger partial charge in [0.15, 0.2) is 0 Å². The molecule has 3 rings (SSSR count). The maximum Gasteiger partial charge on any atom is 0.317 e. The highest BCUT2D eigenvalue weighted by molar-refractivity contribution is 5.92. The van der Waals surface area contributed by atoms with Gasteiger partial charge in [0.05, 0.1) is 0 Å². The van der Waals surface area contributed by atoms with E-state index in [1.807, 2.05) is 24.1 Å². The van der Waals surface area contributed by atoms with Crippen molar-refractivity contribution in [3.8, 4) is 0 Å². The van der Waals surface area contributed by atoms with Gasteiger partial charge in [-0.2, -0.15) is 0 Å². The second-order valence-electron chi connectivity index (χ2n) is 8.41. The molecule has 3 amide bonds. The number of urea groups is 1. The van der Waals surface area contributed by atoms with Gasteiger partial charge >= 0.3 is 6.03 Å². The van der Waals surface area contributed by atoms with Crippen LogP contribution in [-0.4, -0.2) is 54.0 Å². The van der Waals surface area contributed by atoms with E-state index >= 15 is 0 Å². The number of nitrogens with one attached hydrogen (secondary N) is 1. The Morgan fingerprint density at radius 2 is 1.64 bits per heavy atom. The number of benzene rings is 1. The van der Waals surface area contributed by atoms with E-state index in [0.29, 0.717) is 12.1 Å². The van der Waals surface area contributed by atoms with Gasteiger partial charge in [-0.1, -0.05) is 37.8 Å². The Balaban J connectivity index is 1.57. The van der Waals surface area contributed by atoms with Gasteiger partial charge in [-0.25, -0.2) is 4.79 Å². The fourth-order valence-electron chi connectivity index (χ4n) is 4.77. The van der Waals surface area contributed by atoms with Crippen molar-refractivity contribution in [2.45, 2.75) is 63.5 Å². The summed E-state index contributed by atoms with van der Waals surface area (Å²) in [6.07, 6.45) is 10.1. The minimum absolute atomic E-state index is 0.0408. The third-order valence-corrected chi connectivity index (χ3v) is 6.37. The van der Waals surface area contributed by atoms with E-state index < -0.39 is 5.91 Å². The predicted molar refractivity (Wildman–Crippen MR) is 111 cm³/mol. The molecule has 1 heterocycles. The van der Waals surface area contributed by atoms with Crippen LogP contribution in [0.5, 0.6) is 0 Å². The first-order valence-electron chi connectivity index (χ1n) is 10.6. The Hall–Kier alpha value is -2.08. The monoisotopic (exact) mass is 386 g/mol. The van der Waals surface area contributed by atoms with Crippen LogP contribution in [0.1, 0.15) is 67.3 Å². The molecule has 0 bridgehead atoms. The van der Waals surface area contributed by atoms with E-state index in [9.17, 15) is 9.59 Å². The number of carbonyl (C=O) groups excluding carboxylic acids is 2. The minimum Gasteiger partial charge on any atom is -0.366 e. The van der Waals surface area contributed by atoms with Crippen molar-refractivity contribution in [1.82, 2.24) is 15.1 Å². The summed E-state index contributed by atoms with van der Waals surface area (Å²) >= 11 is 0. The summed E-state index contributed by atoms with van der Waals surface area (Å²) < 4.78 is 0. The highest BCUT2D eigenvalue weighted by atomic mass is 16.2. The smallest absolute Gasteiger partial charge is 0.317 e. The number of amides is 3. The molecule has 0 aromatic heterocycles. The van der Waals surface area contributed by atoms with E-state index in [0.717, 1.165) is 12.1 Å². The van der Waals surface area contributed by atoms with E-state index in [1.165, 1.54) is 64.5 Å². The fraction of sp³-hybridized carbons (Fsp3) is 0.636. The summed E-state index contributed by atoms with van der Waals surface area (Å²) in [5.74, 6) is -0.439. The summed E-state index contributed by atoms with van der Waals surface area (Å²) in [4.78, 5) is 28.4. The fourth-order valence-corrected chi connectivity index (χ4v) is 4.77. The number of primary amides is 1. The van der Waals surface area contributed by atoms with Crippen molar-refractivity contribution in [3.63, 3.8) is 0 Å². The largest absolute Gasteiger partial charge is 0.366 e. The minimum atomic E-state index is -0.439. The third kappa shape index (κ3) is 5.04. The molecule has 1 saturated heterocycles. The first kappa shape index (κ1) is 20.6. The molecular weight excluding hydrogens is 352 g/mol. The van der Waals surface area contributed by atoms with E-state index in [-0.39, 0.29) is 11.6 Å². The van der Waals surface area contributed by atoms with Crippen LogP contribution < -0.4 is 11.1 Å². The van der Waals surface area contributed by atoms with Crippen LogP contribution in [0.2, 0.25) is 0 Å². The molecule has 2 aliphatic rings. The zero-order valence-electron chi connectivity index (χ0n) is 17.1. The van der Waals surface area contributed by atoms with Crippen LogP contribution in [0.3, 0.4) is 0 Å². The Morgan fingerprint density at radius 1 is 1.04 bits per heavy atom. The molecule has 0 atom stereocenters. The number of likely N-dealkylation sites (tertiary alicyclic amines) is 1. The highest BCUT2D eigenvalue weighted by Crippen LogP contribution is 2.36. The number of hydrogen-bond donors (Lipinski definition) is 2. The first-order valence-corrected chi connectivity index (χ1v) is 10.6. The molecule has 3 N–H and O–H groups in total. The van der Waals surface area contributed by atoms with Crippen LogP contribution in [-0.2, 0) is 6.54 Å². The second kappa shape index (κ2) is 9.41. The number of hydrogen-bond acceptors (Lipinski definition) is 3. The maximum atomic E-state index is 12.7. The van der Waals surface area contributed by atoms with Gasteiger partial charge in [0.1, 0.15) is 0 Å². The van der Waals surface area contributed by atoms with Crippen molar-refractivity contribution in [1.29, 1.82) is 0 Å². The molecule has 2 fully saturated rings.